The fourth-order valence-electron chi connectivity index (χ4n) is 2.83. The molecule has 0 aliphatic heterocycles. The molecule has 0 radical (unpaired) electrons. The second kappa shape index (κ2) is 6.05. The summed E-state index contributed by atoms with van der Waals surface area (Å²) in [5.74, 6) is 0.339. The molecule has 1 heterocycles. The van der Waals surface area contributed by atoms with E-state index in [1.54, 1.807) is 11.3 Å². The average molecular weight is 329 g/mol. The van der Waals surface area contributed by atoms with Crippen molar-refractivity contribution in [1.82, 2.24) is 0 Å². The van der Waals surface area contributed by atoms with Gasteiger partial charge in [-0.15, -0.1) is 23.1 Å². The molecule has 3 heteroatoms. The van der Waals surface area contributed by atoms with E-state index < -0.39 is 0 Å². The van der Waals surface area contributed by atoms with Crippen molar-refractivity contribution in [2.75, 3.05) is 0 Å². The third-order valence-corrected chi connectivity index (χ3v) is 5.90. The number of benzene rings is 2. The van der Waals surface area contributed by atoms with E-state index in [-0.39, 0.29) is 5.43 Å². The van der Waals surface area contributed by atoms with Gasteiger partial charge in [-0.1, -0.05) is 39.8 Å². The van der Waals surface area contributed by atoms with Crippen LogP contribution in [0.3, 0.4) is 0 Å². The van der Waals surface area contributed by atoms with E-state index in [0.717, 1.165) is 20.2 Å². The third-order valence-electron chi connectivity index (χ3n) is 3.69. The maximum Gasteiger partial charge on any atom is 0.196 e. The van der Waals surface area contributed by atoms with Crippen molar-refractivity contribution in [1.29, 1.82) is 0 Å². The van der Waals surface area contributed by atoms with Crippen molar-refractivity contribution in [2.45, 2.75) is 43.8 Å². The van der Waals surface area contributed by atoms with Gasteiger partial charge in [0.2, 0.25) is 0 Å². The Morgan fingerprint density at radius 2 is 1.68 bits per heavy atom. The Morgan fingerprint density at radius 1 is 0.955 bits per heavy atom. The molecule has 0 N–H and O–H groups in total. The third kappa shape index (κ3) is 2.68. The molecule has 0 unspecified atom stereocenters. The van der Waals surface area contributed by atoms with Gasteiger partial charge in [-0.2, -0.15) is 0 Å². The Morgan fingerprint density at radius 3 is 2.36 bits per heavy atom. The topological polar surface area (TPSA) is 17.1 Å². The van der Waals surface area contributed by atoms with E-state index >= 15 is 0 Å². The Bertz CT molecular complexity index is 891. The van der Waals surface area contributed by atoms with Gasteiger partial charge in [-0.05, 0) is 35.7 Å². The van der Waals surface area contributed by atoms with Gasteiger partial charge in [0.1, 0.15) is 0 Å². The Balaban J connectivity index is 2.44. The minimum Gasteiger partial charge on any atom is -0.288 e. The zero-order valence-electron chi connectivity index (χ0n) is 13.3. The molecule has 22 heavy (non-hydrogen) atoms. The summed E-state index contributed by atoms with van der Waals surface area (Å²) < 4.78 is 2.17. The lowest BCUT2D eigenvalue weighted by Crippen LogP contribution is -2.07. The summed E-state index contributed by atoms with van der Waals surface area (Å²) in [6.45, 7) is 8.75. The predicted octanol–water partition coefficient (Wildman–Crippen LogP) is 6.04. The fraction of sp³-hybridized carbons (Fsp3) is 0.316. The molecule has 3 aromatic rings. The first kappa shape index (κ1) is 15.6. The summed E-state index contributed by atoms with van der Waals surface area (Å²) in [5.41, 5.74) is 1.39. The van der Waals surface area contributed by atoms with Gasteiger partial charge in [-0.3, -0.25) is 4.79 Å². The number of fused-ring (bicyclic) bond motifs is 2. The molecule has 0 fully saturated rings. The summed E-state index contributed by atoms with van der Waals surface area (Å²) in [6, 6.07) is 12.2. The van der Waals surface area contributed by atoms with Gasteiger partial charge >= 0.3 is 0 Å². The molecule has 0 spiro atoms. The van der Waals surface area contributed by atoms with E-state index in [9.17, 15) is 4.79 Å². The molecule has 0 bridgehead atoms. The maximum absolute atomic E-state index is 13.0. The van der Waals surface area contributed by atoms with Crippen LogP contribution in [0, 0.1) is 0 Å². The molecular weight excluding hydrogens is 308 g/mol. The average Bonchev–Trinajstić information content (AvgIpc) is 2.47. The first-order valence-electron chi connectivity index (χ1n) is 7.64. The van der Waals surface area contributed by atoms with Crippen LogP contribution in [0.5, 0.6) is 0 Å². The van der Waals surface area contributed by atoms with E-state index in [4.69, 9.17) is 0 Å². The largest absolute Gasteiger partial charge is 0.288 e. The Labute approximate surface area is 139 Å². The van der Waals surface area contributed by atoms with Gasteiger partial charge in [0.05, 0.1) is 0 Å². The molecule has 0 aliphatic rings. The Hall–Kier alpha value is -1.32. The smallest absolute Gasteiger partial charge is 0.196 e. The molecule has 1 aromatic heterocycles. The van der Waals surface area contributed by atoms with E-state index in [1.165, 1.54) is 10.5 Å². The van der Waals surface area contributed by atoms with Crippen LogP contribution in [0.4, 0.5) is 0 Å². The normalized spacial score (nSPS) is 11.9. The molecule has 0 aliphatic carbocycles. The Kier molecular flexibility index (Phi) is 4.28. The van der Waals surface area contributed by atoms with Crippen molar-refractivity contribution < 1.29 is 0 Å². The SMILES string of the molecule is CC(C)Sc1ccc2sc3ccccc3c(=O)c2c1C(C)C. The van der Waals surface area contributed by atoms with Crippen LogP contribution >= 0.6 is 23.1 Å². The van der Waals surface area contributed by atoms with Crippen LogP contribution in [-0.2, 0) is 0 Å². The monoisotopic (exact) mass is 328 g/mol. The summed E-state index contributed by atoms with van der Waals surface area (Å²) in [5, 5.41) is 2.27. The van der Waals surface area contributed by atoms with E-state index in [0.29, 0.717) is 11.2 Å². The second-order valence-electron chi connectivity index (χ2n) is 6.10. The highest BCUT2D eigenvalue weighted by atomic mass is 32.2. The van der Waals surface area contributed by atoms with Crippen LogP contribution in [0.15, 0.2) is 46.1 Å². The number of rotatable bonds is 3. The van der Waals surface area contributed by atoms with Crippen LogP contribution in [-0.4, -0.2) is 5.25 Å². The van der Waals surface area contributed by atoms with Gasteiger partial charge < -0.3 is 0 Å². The minimum atomic E-state index is 0.180. The maximum atomic E-state index is 13.0. The van der Waals surface area contributed by atoms with Crippen molar-refractivity contribution in [2.24, 2.45) is 0 Å². The first-order valence-corrected chi connectivity index (χ1v) is 9.33. The minimum absolute atomic E-state index is 0.180. The zero-order valence-corrected chi connectivity index (χ0v) is 15.0. The van der Waals surface area contributed by atoms with Gasteiger partial charge in [0.25, 0.3) is 0 Å². The molecule has 0 atom stereocenters. The molecule has 2 aromatic carbocycles. The van der Waals surface area contributed by atoms with Gasteiger partial charge in [-0.25, -0.2) is 0 Å². The van der Waals surface area contributed by atoms with Crippen LogP contribution in [0.2, 0.25) is 0 Å². The van der Waals surface area contributed by atoms with E-state index in [2.05, 4.69) is 39.8 Å². The first-order chi connectivity index (χ1) is 10.5. The lowest BCUT2D eigenvalue weighted by Gasteiger charge is -2.17. The highest BCUT2D eigenvalue weighted by Gasteiger charge is 2.17. The van der Waals surface area contributed by atoms with Crippen molar-refractivity contribution in [3.05, 3.63) is 52.2 Å². The number of hydrogen-bond donors (Lipinski definition) is 0. The lowest BCUT2D eigenvalue weighted by atomic mass is 9.98. The van der Waals surface area contributed by atoms with Crippen LogP contribution < -0.4 is 5.43 Å². The van der Waals surface area contributed by atoms with Crippen LogP contribution in [0.25, 0.3) is 20.2 Å². The highest BCUT2D eigenvalue weighted by molar-refractivity contribution is 8.00. The van der Waals surface area contributed by atoms with E-state index in [1.807, 2.05) is 36.0 Å². The van der Waals surface area contributed by atoms with Crippen molar-refractivity contribution in [3.8, 4) is 0 Å². The fourth-order valence-corrected chi connectivity index (χ4v) is 5.04. The summed E-state index contributed by atoms with van der Waals surface area (Å²) >= 11 is 3.56. The molecule has 1 nitrogen and oxygen atoms in total. The standard InChI is InChI=1S/C19H20OS2/c1-11(2)17-15(21-12(3)4)9-10-16-18(17)19(20)13-7-5-6-8-14(13)22-16/h5-12H,1-4H3. The van der Waals surface area contributed by atoms with Crippen molar-refractivity contribution in [3.63, 3.8) is 0 Å². The van der Waals surface area contributed by atoms with Gasteiger partial charge in [0.15, 0.2) is 5.43 Å². The van der Waals surface area contributed by atoms with Crippen LogP contribution in [0.1, 0.15) is 39.2 Å². The molecular formula is C19H20OS2. The van der Waals surface area contributed by atoms with Gasteiger partial charge in [0, 0.05) is 30.3 Å². The quantitative estimate of drug-likeness (QED) is 0.431. The summed E-state index contributed by atoms with van der Waals surface area (Å²) in [6.07, 6.45) is 0. The second-order valence-corrected chi connectivity index (χ2v) is 8.80. The number of thioether (sulfide) groups is 1. The zero-order chi connectivity index (χ0) is 15.9. The molecule has 114 valence electrons. The predicted molar refractivity (Wildman–Crippen MR) is 101 cm³/mol. The highest BCUT2D eigenvalue weighted by Crippen LogP contribution is 2.37. The number of hydrogen-bond acceptors (Lipinski definition) is 3. The molecule has 0 saturated heterocycles. The summed E-state index contributed by atoms with van der Waals surface area (Å²) in [7, 11) is 0. The lowest BCUT2D eigenvalue weighted by molar-refractivity contribution is 0.852. The van der Waals surface area contributed by atoms with Crippen molar-refractivity contribution >= 4 is 43.3 Å². The molecule has 0 saturated carbocycles. The molecule has 3 rings (SSSR count). The summed E-state index contributed by atoms with van der Waals surface area (Å²) in [4.78, 5) is 14.3. The molecule has 0 amide bonds.